The summed E-state index contributed by atoms with van der Waals surface area (Å²) >= 11 is 0. The Hall–Kier alpha value is -1.57. The summed E-state index contributed by atoms with van der Waals surface area (Å²) in [5, 5.41) is 0. The zero-order valence-corrected chi connectivity index (χ0v) is 8.31. The first-order valence-electron chi connectivity index (χ1n) is 4.82. The third-order valence-electron chi connectivity index (χ3n) is 2.37. The fourth-order valence-corrected chi connectivity index (χ4v) is 1.52. The fourth-order valence-electron chi connectivity index (χ4n) is 1.52. The summed E-state index contributed by atoms with van der Waals surface area (Å²) in [5.41, 5.74) is 1.32. The van der Waals surface area contributed by atoms with Crippen LogP contribution in [0.2, 0.25) is 0 Å². The molecule has 0 saturated heterocycles. The van der Waals surface area contributed by atoms with E-state index >= 15 is 0 Å². The van der Waals surface area contributed by atoms with Gasteiger partial charge in [0, 0.05) is 25.0 Å². The predicted octanol–water partition coefficient (Wildman–Crippen LogP) is 1.89. The number of nitrogens with zero attached hydrogens (tertiary/aromatic N) is 1. The molecule has 0 aliphatic rings. The summed E-state index contributed by atoms with van der Waals surface area (Å²) in [6.07, 6.45) is 5.77. The third-order valence-corrected chi connectivity index (χ3v) is 2.37. The molecule has 0 saturated carbocycles. The number of furan rings is 1. The van der Waals surface area contributed by atoms with Crippen molar-refractivity contribution in [2.75, 3.05) is 0 Å². The molecule has 2 heteroatoms. The van der Waals surface area contributed by atoms with E-state index in [4.69, 9.17) is 4.42 Å². The second kappa shape index (κ2) is 4.09. The van der Waals surface area contributed by atoms with Gasteiger partial charge >= 0.3 is 0 Å². The Morgan fingerprint density at radius 3 is 2.79 bits per heavy atom. The van der Waals surface area contributed by atoms with E-state index in [-0.39, 0.29) is 0 Å². The molecule has 72 valence electrons. The predicted molar refractivity (Wildman–Crippen MR) is 53.7 cm³/mol. The summed E-state index contributed by atoms with van der Waals surface area (Å²) in [6.45, 7) is 0. The van der Waals surface area contributed by atoms with E-state index in [9.17, 15) is 0 Å². The third kappa shape index (κ3) is 2.02. The van der Waals surface area contributed by atoms with Crippen LogP contribution in [0.3, 0.4) is 0 Å². The SMILES string of the molecule is C[n+]1ccccc1CCc1ccco1. The topological polar surface area (TPSA) is 17.0 Å². The van der Waals surface area contributed by atoms with Crippen LogP contribution in [0, 0.1) is 0 Å². The van der Waals surface area contributed by atoms with Crippen LogP contribution in [0.4, 0.5) is 0 Å². The average Bonchev–Trinajstić information content (AvgIpc) is 2.69. The molecule has 0 aromatic carbocycles. The van der Waals surface area contributed by atoms with E-state index in [2.05, 4.69) is 29.9 Å². The van der Waals surface area contributed by atoms with E-state index in [1.165, 1.54) is 5.69 Å². The van der Waals surface area contributed by atoms with Gasteiger partial charge in [0.05, 0.1) is 6.26 Å². The van der Waals surface area contributed by atoms with E-state index < -0.39 is 0 Å². The average molecular weight is 188 g/mol. The summed E-state index contributed by atoms with van der Waals surface area (Å²) in [4.78, 5) is 0. The Kier molecular flexibility index (Phi) is 2.63. The van der Waals surface area contributed by atoms with Crippen LogP contribution in [-0.4, -0.2) is 0 Å². The van der Waals surface area contributed by atoms with Crippen molar-refractivity contribution in [3.05, 3.63) is 54.2 Å². The zero-order chi connectivity index (χ0) is 9.80. The van der Waals surface area contributed by atoms with Gasteiger partial charge in [-0.2, -0.15) is 0 Å². The Balaban J connectivity index is 2.02. The van der Waals surface area contributed by atoms with Gasteiger partial charge in [0.2, 0.25) is 0 Å². The van der Waals surface area contributed by atoms with Gasteiger partial charge in [0.15, 0.2) is 11.9 Å². The fraction of sp³-hybridized carbons (Fsp3) is 0.250. The van der Waals surface area contributed by atoms with Crippen LogP contribution in [-0.2, 0) is 19.9 Å². The van der Waals surface area contributed by atoms with Crippen molar-refractivity contribution in [1.82, 2.24) is 0 Å². The maximum Gasteiger partial charge on any atom is 0.181 e. The van der Waals surface area contributed by atoms with Crippen LogP contribution in [0.1, 0.15) is 11.5 Å². The highest BCUT2D eigenvalue weighted by Crippen LogP contribution is 2.04. The highest BCUT2D eigenvalue weighted by atomic mass is 16.3. The summed E-state index contributed by atoms with van der Waals surface area (Å²) < 4.78 is 7.43. The molecule has 2 nitrogen and oxygen atoms in total. The molecule has 2 aromatic rings. The molecule has 0 spiro atoms. The van der Waals surface area contributed by atoms with Gasteiger partial charge in [0.1, 0.15) is 12.8 Å². The van der Waals surface area contributed by atoms with Gasteiger partial charge < -0.3 is 4.42 Å². The minimum Gasteiger partial charge on any atom is -0.469 e. The number of hydrogen-bond acceptors (Lipinski definition) is 1. The molecule has 14 heavy (non-hydrogen) atoms. The van der Waals surface area contributed by atoms with Crippen molar-refractivity contribution in [3.63, 3.8) is 0 Å². The molecule has 0 bridgehead atoms. The normalized spacial score (nSPS) is 10.4. The molecule has 0 radical (unpaired) electrons. The van der Waals surface area contributed by atoms with Crippen molar-refractivity contribution in [2.24, 2.45) is 7.05 Å². The molecular formula is C12H14NO+. The molecule has 2 heterocycles. The number of pyridine rings is 1. The van der Waals surface area contributed by atoms with Crippen molar-refractivity contribution in [1.29, 1.82) is 0 Å². The summed E-state index contributed by atoms with van der Waals surface area (Å²) in [7, 11) is 2.07. The molecule has 2 aromatic heterocycles. The lowest BCUT2D eigenvalue weighted by Gasteiger charge is -1.97. The van der Waals surface area contributed by atoms with E-state index in [0.29, 0.717) is 0 Å². The van der Waals surface area contributed by atoms with Gasteiger partial charge in [-0.1, -0.05) is 6.07 Å². The Morgan fingerprint density at radius 1 is 1.14 bits per heavy atom. The molecule has 0 unspecified atom stereocenters. The summed E-state index contributed by atoms with van der Waals surface area (Å²) in [6, 6.07) is 10.2. The Morgan fingerprint density at radius 2 is 2.07 bits per heavy atom. The molecule has 0 aliphatic carbocycles. The Bertz CT molecular complexity index is 392. The van der Waals surface area contributed by atoms with Crippen molar-refractivity contribution in [2.45, 2.75) is 12.8 Å². The van der Waals surface area contributed by atoms with Gasteiger partial charge in [-0.05, 0) is 12.1 Å². The van der Waals surface area contributed by atoms with Crippen molar-refractivity contribution < 1.29 is 8.98 Å². The van der Waals surface area contributed by atoms with Crippen LogP contribution in [0.25, 0.3) is 0 Å². The van der Waals surface area contributed by atoms with Gasteiger partial charge in [0.25, 0.3) is 0 Å². The lowest BCUT2D eigenvalue weighted by atomic mass is 10.2. The first-order chi connectivity index (χ1) is 6.86. The molecule has 0 fully saturated rings. The van der Waals surface area contributed by atoms with Crippen molar-refractivity contribution >= 4 is 0 Å². The monoisotopic (exact) mass is 188 g/mol. The highest BCUT2D eigenvalue weighted by molar-refractivity contribution is 5.03. The highest BCUT2D eigenvalue weighted by Gasteiger charge is 2.05. The van der Waals surface area contributed by atoms with Crippen LogP contribution >= 0.6 is 0 Å². The number of aryl methyl sites for hydroxylation is 3. The van der Waals surface area contributed by atoms with E-state index in [1.807, 2.05) is 18.2 Å². The Labute approximate surface area is 83.8 Å². The maximum atomic E-state index is 5.29. The minimum absolute atomic E-state index is 0.963. The zero-order valence-electron chi connectivity index (χ0n) is 8.31. The van der Waals surface area contributed by atoms with Crippen molar-refractivity contribution in [3.8, 4) is 0 Å². The van der Waals surface area contributed by atoms with Crippen LogP contribution in [0.5, 0.6) is 0 Å². The number of aromatic nitrogens is 1. The quantitative estimate of drug-likeness (QED) is 0.672. The summed E-state index contributed by atoms with van der Waals surface area (Å²) in [5.74, 6) is 1.05. The second-order valence-electron chi connectivity index (χ2n) is 3.38. The van der Waals surface area contributed by atoms with E-state index in [1.54, 1.807) is 6.26 Å². The minimum atomic E-state index is 0.963. The smallest absolute Gasteiger partial charge is 0.181 e. The molecule has 0 amide bonds. The first kappa shape index (κ1) is 9.00. The molecular weight excluding hydrogens is 174 g/mol. The van der Waals surface area contributed by atoms with E-state index in [0.717, 1.165) is 18.6 Å². The first-order valence-corrected chi connectivity index (χ1v) is 4.82. The molecule has 2 rings (SSSR count). The van der Waals surface area contributed by atoms with Gasteiger partial charge in [-0.25, -0.2) is 4.57 Å². The van der Waals surface area contributed by atoms with Crippen LogP contribution in [0.15, 0.2) is 47.2 Å². The maximum absolute atomic E-state index is 5.29. The molecule has 0 atom stereocenters. The van der Waals surface area contributed by atoms with Gasteiger partial charge in [-0.15, -0.1) is 0 Å². The van der Waals surface area contributed by atoms with Gasteiger partial charge in [-0.3, -0.25) is 0 Å². The van der Waals surface area contributed by atoms with Crippen LogP contribution < -0.4 is 4.57 Å². The molecule has 0 N–H and O–H groups in total. The molecule has 0 aliphatic heterocycles. The second-order valence-corrected chi connectivity index (χ2v) is 3.38. The number of rotatable bonds is 3. The lowest BCUT2D eigenvalue weighted by molar-refractivity contribution is -0.679. The lowest BCUT2D eigenvalue weighted by Crippen LogP contribution is -2.32. The number of hydrogen-bond donors (Lipinski definition) is 0. The standard InChI is InChI=1S/C12H14NO/c1-13-9-3-2-5-11(13)7-8-12-6-4-10-14-12/h2-6,9-10H,7-8H2,1H3/q+1. The largest absolute Gasteiger partial charge is 0.469 e.